The molecule has 2 aliphatic rings. The van der Waals surface area contributed by atoms with Crippen molar-refractivity contribution in [2.75, 3.05) is 0 Å². The van der Waals surface area contributed by atoms with Crippen LogP contribution < -0.4 is 0 Å². The van der Waals surface area contributed by atoms with Gasteiger partial charge in [-0.3, -0.25) is 0 Å². The predicted molar refractivity (Wildman–Crippen MR) is 91.4 cm³/mol. The molecule has 0 aromatic heterocycles. The highest BCUT2D eigenvalue weighted by molar-refractivity contribution is 5.20. The quantitative estimate of drug-likeness (QED) is 0.574. The zero-order valence-electron chi connectivity index (χ0n) is 13.9. The van der Waals surface area contributed by atoms with Crippen molar-refractivity contribution in [3.05, 3.63) is 48.1 Å². The molecule has 0 nitrogen and oxygen atoms in total. The summed E-state index contributed by atoms with van der Waals surface area (Å²) in [5, 5.41) is 0. The summed E-state index contributed by atoms with van der Waals surface area (Å²) in [7, 11) is 0. The number of allylic oxidation sites excluding steroid dienone is 1. The molecule has 23 heavy (non-hydrogen) atoms. The number of benzene rings is 1. The van der Waals surface area contributed by atoms with Crippen LogP contribution in [-0.2, 0) is 0 Å². The van der Waals surface area contributed by atoms with Crippen LogP contribution in [0.4, 0.5) is 8.78 Å². The maximum atomic E-state index is 13.0. The second-order valence-electron chi connectivity index (χ2n) is 7.54. The second-order valence-corrected chi connectivity index (χ2v) is 7.54. The zero-order valence-corrected chi connectivity index (χ0v) is 13.9. The fraction of sp³-hybridized carbons (Fsp3) is 0.619. The van der Waals surface area contributed by atoms with Gasteiger partial charge in [0, 0.05) is 0 Å². The van der Waals surface area contributed by atoms with E-state index in [1.54, 1.807) is 18.2 Å². The lowest BCUT2D eigenvalue weighted by atomic mass is 9.68. The summed E-state index contributed by atoms with van der Waals surface area (Å²) in [5.74, 6) is 2.95. The number of halogens is 2. The van der Waals surface area contributed by atoms with Crippen molar-refractivity contribution in [3.63, 3.8) is 0 Å². The Hall–Kier alpha value is -1.18. The molecule has 0 N–H and O–H groups in total. The SMILES string of the molecule is FC=CCC1CCC(C2CCC(c3ccc(F)cc3)CC2)CC1. The number of rotatable bonds is 4. The zero-order chi connectivity index (χ0) is 16.1. The van der Waals surface area contributed by atoms with Crippen LogP contribution in [0.25, 0.3) is 0 Å². The number of hydrogen-bond donors (Lipinski definition) is 0. The Morgan fingerprint density at radius 2 is 1.39 bits per heavy atom. The molecule has 0 radical (unpaired) electrons. The molecule has 0 bridgehead atoms. The summed E-state index contributed by atoms with van der Waals surface area (Å²) in [6, 6.07) is 7.11. The van der Waals surface area contributed by atoms with E-state index in [0.717, 1.165) is 18.3 Å². The molecule has 2 aliphatic carbocycles. The Morgan fingerprint density at radius 3 is 1.96 bits per heavy atom. The average Bonchev–Trinajstić information content (AvgIpc) is 2.61. The van der Waals surface area contributed by atoms with Crippen LogP contribution in [0.3, 0.4) is 0 Å². The first-order valence-electron chi connectivity index (χ1n) is 9.27. The van der Waals surface area contributed by atoms with Gasteiger partial charge in [-0.05, 0) is 99.2 Å². The topological polar surface area (TPSA) is 0 Å². The molecule has 0 unspecified atom stereocenters. The first kappa shape index (κ1) is 16.7. The minimum absolute atomic E-state index is 0.137. The van der Waals surface area contributed by atoms with Crippen molar-refractivity contribution < 1.29 is 8.78 Å². The Balaban J connectivity index is 1.45. The molecular weight excluding hydrogens is 290 g/mol. The van der Waals surface area contributed by atoms with E-state index in [-0.39, 0.29) is 5.82 Å². The third-order valence-electron chi connectivity index (χ3n) is 6.23. The fourth-order valence-corrected chi connectivity index (χ4v) is 4.80. The molecular formula is C21H28F2. The predicted octanol–water partition coefficient (Wildman–Crippen LogP) is 6.78. The molecule has 0 spiro atoms. The monoisotopic (exact) mass is 318 g/mol. The van der Waals surface area contributed by atoms with Gasteiger partial charge in [0.15, 0.2) is 0 Å². The molecule has 3 rings (SSSR count). The van der Waals surface area contributed by atoms with E-state index in [0.29, 0.717) is 18.2 Å². The lowest BCUT2D eigenvalue weighted by Gasteiger charge is -2.38. The molecule has 0 aliphatic heterocycles. The van der Waals surface area contributed by atoms with Gasteiger partial charge in [0.25, 0.3) is 0 Å². The van der Waals surface area contributed by atoms with Crippen LogP contribution in [0.5, 0.6) is 0 Å². The van der Waals surface area contributed by atoms with Crippen LogP contribution in [-0.4, -0.2) is 0 Å². The molecule has 1 aromatic rings. The molecule has 126 valence electrons. The van der Waals surface area contributed by atoms with Gasteiger partial charge in [0.05, 0.1) is 6.33 Å². The Bertz CT molecular complexity index is 489. The molecule has 0 heterocycles. The largest absolute Gasteiger partial charge is 0.216 e. The smallest absolute Gasteiger partial charge is 0.123 e. The molecule has 2 saturated carbocycles. The Kier molecular flexibility index (Phi) is 5.85. The maximum absolute atomic E-state index is 13.0. The molecule has 0 atom stereocenters. The normalized spacial score (nSPS) is 32.3. The van der Waals surface area contributed by atoms with Crippen LogP contribution >= 0.6 is 0 Å². The van der Waals surface area contributed by atoms with Gasteiger partial charge in [0.1, 0.15) is 5.82 Å². The van der Waals surface area contributed by atoms with Gasteiger partial charge in [0.2, 0.25) is 0 Å². The fourth-order valence-electron chi connectivity index (χ4n) is 4.80. The molecule has 0 amide bonds. The third kappa shape index (κ3) is 4.43. The van der Waals surface area contributed by atoms with E-state index >= 15 is 0 Å². The van der Waals surface area contributed by atoms with Crippen molar-refractivity contribution in [3.8, 4) is 0 Å². The second kappa shape index (κ2) is 8.08. The highest BCUT2D eigenvalue weighted by atomic mass is 19.1. The van der Waals surface area contributed by atoms with E-state index in [4.69, 9.17) is 0 Å². The van der Waals surface area contributed by atoms with Gasteiger partial charge < -0.3 is 0 Å². The third-order valence-corrected chi connectivity index (χ3v) is 6.23. The van der Waals surface area contributed by atoms with Crippen LogP contribution in [0, 0.1) is 23.6 Å². The first-order valence-corrected chi connectivity index (χ1v) is 9.27. The van der Waals surface area contributed by atoms with Gasteiger partial charge >= 0.3 is 0 Å². The highest BCUT2D eigenvalue weighted by Gasteiger charge is 2.30. The lowest BCUT2D eigenvalue weighted by molar-refractivity contribution is 0.160. The maximum Gasteiger partial charge on any atom is 0.123 e. The van der Waals surface area contributed by atoms with Gasteiger partial charge in [-0.2, -0.15) is 0 Å². The summed E-state index contributed by atoms with van der Waals surface area (Å²) < 4.78 is 25.2. The summed E-state index contributed by atoms with van der Waals surface area (Å²) in [6.45, 7) is 0. The minimum Gasteiger partial charge on any atom is -0.216 e. The van der Waals surface area contributed by atoms with E-state index in [1.165, 1.54) is 56.9 Å². The summed E-state index contributed by atoms with van der Waals surface area (Å²) in [6.07, 6.45) is 13.6. The Labute approximate surface area is 139 Å². The average molecular weight is 318 g/mol. The minimum atomic E-state index is -0.137. The van der Waals surface area contributed by atoms with E-state index in [1.807, 2.05) is 12.1 Å². The van der Waals surface area contributed by atoms with Crippen LogP contribution in [0.2, 0.25) is 0 Å². The summed E-state index contributed by atoms with van der Waals surface area (Å²) in [4.78, 5) is 0. The van der Waals surface area contributed by atoms with Gasteiger partial charge in [-0.25, -0.2) is 8.78 Å². The standard InChI is InChI=1S/C21H28F2/c22-15-1-2-16-3-5-17(6-4-16)18-7-9-19(10-8-18)20-11-13-21(23)14-12-20/h1,11-19H,2-10H2. The molecule has 0 saturated heterocycles. The van der Waals surface area contributed by atoms with Crippen molar-refractivity contribution in [2.24, 2.45) is 17.8 Å². The molecule has 2 heteroatoms. The van der Waals surface area contributed by atoms with Crippen molar-refractivity contribution in [1.82, 2.24) is 0 Å². The van der Waals surface area contributed by atoms with E-state index < -0.39 is 0 Å². The number of hydrogen-bond acceptors (Lipinski definition) is 0. The van der Waals surface area contributed by atoms with Crippen molar-refractivity contribution in [1.29, 1.82) is 0 Å². The Morgan fingerprint density at radius 1 is 0.826 bits per heavy atom. The highest BCUT2D eigenvalue weighted by Crippen LogP contribution is 2.44. The van der Waals surface area contributed by atoms with Crippen LogP contribution in [0.15, 0.2) is 36.7 Å². The summed E-state index contributed by atoms with van der Waals surface area (Å²) >= 11 is 0. The van der Waals surface area contributed by atoms with E-state index in [2.05, 4.69) is 0 Å². The van der Waals surface area contributed by atoms with Gasteiger partial charge in [-0.15, -0.1) is 0 Å². The lowest BCUT2D eigenvalue weighted by Crippen LogP contribution is -2.25. The van der Waals surface area contributed by atoms with Crippen molar-refractivity contribution in [2.45, 2.75) is 63.7 Å². The molecule has 1 aromatic carbocycles. The van der Waals surface area contributed by atoms with E-state index in [9.17, 15) is 8.78 Å². The van der Waals surface area contributed by atoms with Gasteiger partial charge in [-0.1, -0.05) is 18.2 Å². The molecule has 2 fully saturated rings. The van der Waals surface area contributed by atoms with Crippen molar-refractivity contribution >= 4 is 0 Å². The summed E-state index contributed by atoms with van der Waals surface area (Å²) in [5.41, 5.74) is 1.31. The van der Waals surface area contributed by atoms with Crippen LogP contribution in [0.1, 0.15) is 69.3 Å². The first-order chi connectivity index (χ1) is 11.3.